The summed E-state index contributed by atoms with van der Waals surface area (Å²) < 4.78 is 5.36. The molecule has 6 nitrogen and oxygen atoms in total. The highest BCUT2D eigenvalue weighted by Crippen LogP contribution is 2.39. The van der Waals surface area contributed by atoms with Crippen molar-refractivity contribution >= 4 is 51.6 Å². The number of carbonyl (C=O) groups is 3. The molecule has 0 radical (unpaired) electrons. The van der Waals surface area contributed by atoms with Gasteiger partial charge in [0.05, 0.1) is 23.8 Å². The third-order valence-electron chi connectivity index (χ3n) is 6.40. The third-order valence-corrected chi connectivity index (χ3v) is 8.97. The zero-order chi connectivity index (χ0) is 26.9. The lowest BCUT2D eigenvalue weighted by atomic mass is 10.1. The molecule has 0 bridgehead atoms. The second-order valence-electron chi connectivity index (χ2n) is 9.23. The quantitative estimate of drug-likeness (QED) is 0.163. The van der Waals surface area contributed by atoms with Crippen LogP contribution >= 0.6 is 23.1 Å². The lowest BCUT2D eigenvalue weighted by molar-refractivity contribution is -0.116. The third kappa shape index (κ3) is 7.26. The van der Waals surface area contributed by atoms with E-state index in [2.05, 4.69) is 10.6 Å². The van der Waals surface area contributed by atoms with E-state index >= 15 is 0 Å². The Morgan fingerprint density at radius 1 is 0.974 bits per heavy atom. The van der Waals surface area contributed by atoms with Crippen LogP contribution in [0.15, 0.2) is 59.5 Å². The summed E-state index contributed by atoms with van der Waals surface area (Å²) in [5, 5.41) is 6.25. The Hall–Kier alpha value is -3.10. The topological polar surface area (TPSA) is 84.5 Å². The van der Waals surface area contributed by atoms with Gasteiger partial charge in [-0.1, -0.05) is 49.7 Å². The molecule has 0 saturated carbocycles. The molecule has 1 aliphatic carbocycles. The second kappa shape index (κ2) is 13.6. The largest absolute Gasteiger partial charge is 0.462 e. The summed E-state index contributed by atoms with van der Waals surface area (Å²) in [5.74, 6) is -0.591. The molecule has 0 fully saturated rings. The maximum Gasteiger partial charge on any atom is 0.341 e. The van der Waals surface area contributed by atoms with Crippen molar-refractivity contribution in [1.29, 1.82) is 0 Å². The van der Waals surface area contributed by atoms with E-state index in [0.29, 0.717) is 35.7 Å². The molecule has 1 aliphatic rings. The minimum absolute atomic E-state index is 0.0907. The number of fused-ring (bicyclic) bond motifs is 1. The lowest BCUT2D eigenvalue weighted by Crippen LogP contribution is -2.25. The van der Waals surface area contributed by atoms with E-state index in [-0.39, 0.29) is 23.0 Å². The molecule has 3 aromatic rings. The molecule has 2 amide bonds. The van der Waals surface area contributed by atoms with Gasteiger partial charge >= 0.3 is 5.97 Å². The van der Waals surface area contributed by atoms with Crippen molar-refractivity contribution in [1.82, 2.24) is 0 Å². The van der Waals surface area contributed by atoms with E-state index in [4.69, 9.17) is 4.74 Å². The molecule has 1 aromatic heterocycles. The first-order valence-electron chi connectivity index (χ1n) is 13.2. The van der Waals surface area contributed by atoms with Gasteiger partial charge in [0.15, 0.2) is 0 Å². The van der Waals surface area contributed by atoms with Gasteiger partial charge in [-0.3, -0.25) is 9.59 Å². The molecule has 38 heavy (non-hydrogen) atoms. The lowest BCUT2D eigenvalue weighted by Gasteiger charge is -2.16. The number of rotatable bonds is 10. The molecule has 0 spiro atoms. The van der Waals surface area contributed by atoms with Gasteiger partial charge < -0.3 is 15.4 Å². The molecule has 8 heteroatoms. The zero-order valence-corrected chi connectivity index (χ0v) is 23.5. The van der Waals surface area contributed by atoms with Gasteiger partial charge in [0.2, 0.25) is 11.8 Å². The first kappa shape index (κ1) is 27.9. The molecule has 0 aliphatic heterocycles. The van der Waals surface area contributed by atoms with Crippen LogP contribution in [0.2, 0.25) is 0 Å². The fourth-order valence-electron chi connectivity index (χ4n) is 4.56. The Kier molecular flexibility index (Phi) is 10.0. The monoisotopic (exact) mass is 550 g/mol. The number of thiophene rings is 1. The van der Waals surface area contributed by atoms with Crippen LogP contribution in [0, 0.1) is 0 Å². The van der Waals surface area contributed by atoms with Gasteiger partial charge in [0.25, 0.3) is 0 Å². The van der Waals surface area contributed by atoms with E-state index in [1.54, 1.807) is 6.92 Å². The minimum Gasteiger partial charge on any atom is -0.462 e. The number of aryl methyl sites for hydroxylation is 1. The molecule has 200 valence electrons. The van der Waals surface area contributed by atoms with Crippen LogP contribution in [0.5, 0.6) is 0 Å². The van der Waals surface area contributed by atoms with Crippen molar-refractivity contribution in [2.45, 2.75) is 68.9 Å². The van der Waals surface area contributed by atoms with Crippen LogP contribution < -0.4 is 10.6 Å². The van der Waals surface area contributed by atoms with Gasteiger partial charge in [-0.05, 0) is 68.4 Å². The highest BCUT2D eigenvalue weighted by molar-refractivity contribution is 8.00. The summed E-state index contributed by atoms with van der Waals surface area (Å²) in [6.07, 6.45) is 5.95. The van der Waals surface area contributed by atoms with E-state index in [0.717, 1.165) is 48.1 Å². The van der Waals surface area contributed by atoms with Crippen molar-refractivity contribution in [3.8, 4) is 0 Å². The van der Waals surface area contributed by atoms with Gasteiger partial charge in [0, 0.05) is 15.5 Å². The Morgan fingerprint density at radius 2 is 1.76 bits per heavy atom. The maximum atomic E-state index is 13.4. The fraction of sp³-hybridized carbons (Fsp3) is 0.367. The van der Waals surface area contributed by atoms with E-state index in [1.165, 1.54) is 28.0 Å². The molecule has 2 N–H and O–H groups in total. The highest BCUT2D eigenvalue weighted by atomic mass is 32.2. The zero-order valence-electron chi connectivity index (χ0n) is 21.9. The summed E-state index contributed by atoms with van der Waals surface area (Å²) in [6, 6.07) is 17.2. The summed E-state index contributed by atoms with van der Waals surface area (Å²) >= 11 is 2.96. The van der Waals surface area contributed by atoms with Crippen LogP contribution in [-0.4, -0.2) is 29.6 Å². The SMILES string of the molecule is CCOC(=O)c1c(NC(=O)C(CC)Sc2cccc(NC(=O)Cc3ccccc3)c2)sc2c1CCCCC2. The molecule has 0 saturated heterocycles. The summed E-state index contributed by atoms with van der Waals surface area (Å²) in [4.78, 5) is 40.8. The van der Waals surface area contributed by atoms with Crippen LogP contribution in [-0.2, 0) is 33.6 Å². The molecule has 1 unspecified atom stereocenters. The molecular weight excluding hydrogens is 516 g/mol. The molecular formula is C30H34N2O4S2. The Balaban J connectivity index is 1.45. The summed E-state index contributed by atoms with van der Waals surface area (Å²) in [5.41, 5.74) is 3.22. The van der Waals surface area contributed by atoms with Gasteiger partial charge in [-0.2, -0.15) is 0 Å². The van der Waals surface area contributed by atoms with Gasteiger partial charge in [-0.15, -0.1) is 23.1 Å². The number of amides is 2. The standard InChI is InChI=1S/C30H34N2O4S2/c1-3-24(37-22-15-11-14-21(19-22)31-26(33)18-20-12-7-5-8-13-20)28(34)32-29-27(30(35)36-4-2)23-16-9-6-10-17-25(23)38-29/h5,7-8,11-15,19,24H,3-4,6,9-10,16-18H2,1-2H3,(H,31,33)(H,32,34). The van der Waals surface area contributed by atoms with Crippen molar-refractivity contribution in [3.63, 3.8) is 0 Å². The number of thioether (sulfide) groups is 1. The van der Waals surface area contributed by atoms with E-state index in [9.17, 15) is 14.4 Å². The van der Waals surface area contributed by atoms with Crippen LogP contribution in [0.4, 0.5) is 10.7 Å². The first-order valence-corrected chi connectivity index (χ1v) is 14.9. The number of esters is 1. The highest BCUT2D eigenvalue weighted by Gasteiger charge is 2.28. The number of ether oxygens (including phenoxy) is 1. The van der Waals surface area contributed by atoms with Crippen molar-refractivity contribution in [2.75, 3.05) is 17.2 Å². The average molecular weight is 551 g/mol. The molecule has 1 heterocycles. The fourth-order valence-corrected chi connectivity index (χ4v) is 6.86. The molecule has 2 aromatic carbocycles. The van der Waals surface area contributed by atoms with Crippen molar-refractivity contribution < 1.29 is 19.1 Å². The average Bonchev–Trinajstić information content (AvgIpc) is 3.08. The van der Waals surface area contributed by atoms with Crippen LogP contribution in [0.25, 0.3) is 0 Å². The molecule has 1 atom stereocenters. The van der Waals surface area contributed by atoms with Crippen molar-refractivity contribution in [3.05, 3.63) is 76.2 Å². The number of hydrogen-bond donors (Lipinski definition) is 2. The van der Waals surface area contributed by atoms with E-state index < -0.39 is 0 Å². The summed E-state index contributed by atoms with van der Waals surface area (Å²) in [7, 11) is 0. The number of nitrogens with one attached hydrogen (secondary N) is 2. The van der Waals surface area contributed by atoms with E-state index in [1.807, 2.05) is 61.5 Å². The smallest absolute Gasteiger partial charge is 0.341 e. The number of anilines is 2. The van der Waals surface area contributed by atoms with Crippen molar-refractivity contribution in [2.24, 2.45) is 0 Å². The Labute approximate surface area is 232 Å². The predicted octanol–water partition coefficient (Wildman–Crippen LogP) is 6.88. The van der Waals surface area contributed by atoms with Crippen LogP contribution in [0.3, 0.4) is 0 Å². The number of hydrogen-bond acceptors (Lipinski definition) is 6. The summed E-state index contributed by atoms with van der Waals surface area (Å²) in [6.45, 7) is 4.06. The Morgan fingerprint density at radius 3 is 2.53 bits per heavy atom. The Bertz CT molecular complexity index is 1270. The maximum absolute atomic E-state index is 13.4. The van der Waals surface area contributed by atoms with Crippen LogP contribution in [0.1, 0.15) is 65.9 Å². The number of benzene rings is 2. The van der Waals surface area contributed by atoms with Gasteiger partial charge in [0.1, 0.15) is 5.00 Å². The second-order valence-corrected chi connectivity index (χ2v) is 11.6. The minimum atomic E-state index is -0.359. The van der Waals surface area contributed by atoms with Gasteiger partial charge in [-0.25, -0.2) is 4.79 Å². The predicted molar refractivity (Wildman–Crippen MR) is 155 cm³/mol. The normalized spacial score (nSPS) is 13.6. The molecule has 4 rings (SSSR count). The number of carbonyl (C=O) groups excluding carboxylic acids is 3. The first-order chi connectivity index (χ1) is 18.5.